The second kappa shape index (κ2) is 5.93. The van der Waals surface area contributed by atoms with Crippen LogP contribution in [0.2, 0.25) is 0 Å². The molecule has 0 saturated carbocycles. The fraction of sp³-hybridized carbons (Fsp3) is 0.167. The molecule has 4 nitrogen and oxygen atoms in total. The van der Waals surface area contributed by atoms with Crippen molar-refractivity contribution in [3.63, 3.8) is 0 Å². The zero-order valence-corrected chi connectivity index (χ0v) is 12.5. The fourth-order valence-corrected chi connectivity index (χ4v) is 2.50. The summed E-state index contributed by atoms with van der Waals surface area (Å²) in [6.07, 6.45) is -0.730. The van der Waals surface area contributed by atoms with Crippen LogP contribution in [0.4, 0.5) is 4.79 Å². The van der Waals surface area contributed by atoms with E-state index in [2.05, 4.69) is 10.8 Å². The van der Waals surface area contributed by atoms with Crippen molar-refractivity contribution in [1.82, 2.24) is 0 Å². The quantitative estimate of drug-likeness (QED) is 0.404. The van der Waals surface area contributed by atoms with Crippen molar-refractivity contribution in [2.75, 3.05) is 13.7 Å². The van der Waals surface area contributed by atoms with E-state index in [1.807, 2.05) is 49.4 Å². The molecule has 0 fully saturated rings. The number of methoxy groups -OCH3 is 1. The SMILES string of the molecule is CCOc1ccc2c(OC(=O)OC)c3ccccc3cc2c1. The largest absolute Gasteiger partial charge is 0.513 e. The summed E-state index contributed by atoms with van der Waals surface area (Å²) < 4.78 is 15.6. The smallest absolute Gasteiger partial charge is 0.494 e. The van der Waals surface area contributed by atoms with Gasteiger partial charge in [-0.05, 0) is 42.0 Å². The minimum absolute atomic E-state index is 0.503. The molecule has 0 aliphatic heterocycles. The van der Waals surface area contributed by atoms with E-state index in [1.165, 1.54) is 7.11 Å². The van der Waals surface area contributed by atoms with E-state index in [0.717, 1.165) is 27.3 Å². The normalized spacial score (nSPS) is 10.6. The van der Waals surface area contributed by atoms with Gasteiger partial charge in [-0.3, -0.25) is 0 Å². The minimum Gasteiger partial charge on any atom is -0.494 e. The topological polar surface area (TPSA) is 44.8 Å². The predicted octanol–water partition coefficient (Wildman–Crippen LogP) is 4.54. The molecule has 112 valence electrons. The van der Waals surface area contributed by atoms with Gasteiger partial charge in [0.1, 0.15) is 11.5 Å². The highest BCUT2D eigenvalue weighted by atomic mass is 16.7. The summed E-state index contributed by atoms with van der Waals surface area (Å²) in [6.45, 7) is 2.54. The van der Waals surface area contributed by atoms with E-state index in [4.69, 9.17) is 9.47 Å². The molecule has 3 aromatic carbocycles. The van der Waals surface area contributed by atoms with Gasteiger partial charge in [0.25, 0.3) is 0 Å². The standard InChI is InChI=1S/C18H16O4/c1-3-21-14-8-9-16-13(11-14)10-12-6-4-5-7-15(12)17(16)22-18(19)20-2/h4-11H,3H2,1-2H3. The van der Waals surface area contributed by atoms with Crippen LogP contribution < -0.4 is 9.47 Å². The highest BCUT2D eigenvalue weighted by Gasteiger charge is 2.13. The zero-order valence-electron chi connectivity index (χ0n) is 12.5. The van der Waals surface area contributed by atoms with Crippen molar-refractivity contribution in [2.24, 2.45) is 0 Å². The van der Waals surface area contributed by atoms with Crippen LogP contribution >= 0.6 is 0 Å². The van der Waals surface area contributed by atoms with E-state index in [-0.39, 0.29) is 0 Å². The molecule has 0 aromatic heterocycles. The number of rotatable bonds is 3. The maximum absolute atomic E-state index is 11.6. The van der Waals surface area contributed by atoms with Crippen LogP contribution in [0.15, 0.2) is 48.5 Å². The van der Waals surface area contributed by atoms with Crippen LogP contribution in [0.3, 0.4) is 0 Å². The van der Waals surface area contributed by atoms with E-state index < -0.39 is 6.16 Å². The van der Waals surface area contributed by atoms with Crippen molar-refractivity contribution < 1.29 is 19.0 Å². The van der Waals surface area contributed by atoms with Gasteiger partial charge < -0.3 is 14.2 Å². The molecule has 0 heterocycles. The average Bonchev–Trinajstić information content (AvgIpc) is 2.54. The maximum Gasteiger partial charge on any atom is 0.513 e. The summed E-state index contributed by atoms with van der Waals surface area (Å²) in [6, 6.07) is 15.5. The number of carbonyl (C=O) groups is 1. The molecule has 0 aliphatic rings. The number of hydrogen-bond donors (Lipinski definition) is 0. The van der Waals surface area contributed by atoms with E-state index in [1.54, 1.807) is 0 Å². The third-order valence-electron chi connectivity index (χ3n) is 3.45. The van der Waals surface area contributed by atoms with Crippen molar-refractivity contribution in [3.8, 4) is 11.5 Å². The Morgan fingerprint density at radius 3 is 2.55 bits per heavy atom. The molecule has 3 rings (SSSR count). The molecule has 22 heavy (non-hydrogen) atoms. The third-order valence-corrected chi connectivity index (χ3v) is 3.45. The summed E-state index contributed by atoms with van der Waals surface area (Å²) in [5.74, 6) is 1.29. The van der Waals surface area contributed by atoms with Crippen LogP contribution in [0.25, 0.3) is 21.5 Å². The predicted molar refractivity (Wildman–Crippen MR) is 85.7 cm³/mol. The van der Waals surface area contributed by atoms with Gasteiger partial charge in [0.05, 0.1) is 13.7 Å². The Labute approximate surface area is 128 Å². The molecule has 0 saturated heterocycles. The third kappa shape index (κ3) is 2.55. The summed E-state index contributed by atoms with van der Waals surface area (Å²) >= 11 is 0. The molecule has 0 unspecified atom stereocenters. The van der Waals surface area contributed by atoms with Crippen LogP contribution in [0, 0.1) is 0 Å². The maximum atomic E-state index is 11.6. The number of fused-ring (bicyclic) bond motifs is 2. The van der Waals surface area contributed by atoms with Gasteiger partial charge in [-0.25, -0.2) is 4.79 Å². The second-order valence-corrected chi connectivity index (χ2v) is 4.80. The Balaban J connectivity index is 2.27. The summed E-state index contributed by atoms with van der Waals surface area (Å²) in [5, 5.41) is 3.64. The molecular weight excluding hydrogens is 280 g/mol. The van der Waals surface area contributed by atoms with Gasteiger partial charge >= 0.3 is 6.16 Å². The molecule has 0 spiro atoms. The molecule has 3 aromatic rings. The lowest BCUT2D eigenvalue weighted by Gasteiger charge is -2.12. The Kier molecular flexibility index (Phi) is 3.83. The van der Waals surface area contributed by atoms with Gasteiger partial charge in [0, 0.05) is 10.8 Å². The molecule has 0 aliphatic carbocycles. The van der Waals surface area contributed by atoms with Gasteiger partial charge in [-0.15, -0.1) is 0 Å². The highest BCUT2D eigenvalue weighted by Crippen LogP contribution is 2.36. The van der Waals surface area contributed by atoms with Crippen LogP contribution in [-0.4, -0.2) is 19.9 Å². The molecule has 4 heteroatoms. The Bertz CT molecular complexity index is 839. The first-order chi connectivity index (χ1) is 10.7. The average molecular weight is 296 g/mol. The Morgan fingerprint density at radius 2 is 1.77 bits per heavy atom. The summed E-state index contributed by atoms with van der Waals surface area (Å²) in [5.41, 5.74) is 0. The monoisotopic (exact) mass is 296 g/mol. The fourth-order valence-electron chi connectivity index (χ4n) is 2.50. The van der Waals surface area contributed by atoms with E-state index in [9.17, 15) is 4.79 Å². The van der Waals surface area contributed by atoms with Crippen molar-refractivity contribution in [2.45, 2.75) is 6.92 Å². The lowest BCUT2D eigenvalue weighted by molar-refractivity contribution is 0.122. The zero-order chi connectivity index (χ0) is 15.5. The number of benzene rings is 3. The van der Waals surface area contributed by atoms with E-state index in [0.29, 0.717) is 12.4 Å². The van der Waals surface area contributed by atoms with Crippen LogP contribution in [0.1, 0.15) is 6.92 Å². The Morgan fingerprint density at radius 1 is 1.00 bits per heavy atom. The first kappa shape index (κ1) is 14.2. The number of ether oxygens (including phenoxy) is 3. The first-order valence-corrected chi connectivity index (χ1v) is 7.07. The van der Waals surface area contributed by atoms with Gasteiger partial charge in [-0.1, -0.05) is 24.3 Å². The molecular formula is C18H16O4. The molecule has 0 radical (unpaired) electrons. The summed E-state index contributed by atoms with van der Waals surface area (Å²) in [4.78, 5) is 11.6. The lowest BCUT2D eigenvalue weighted by Crippen LogP contribution is -2.08. The van der Waals surface area contributed by atoms with Crippen molar-refractivity contribution in [3.05, 3.63) is 48.5 Å². The second-order valence-electron chi connectivity index (χ2n) is 4.80. The van der Waals surface area contributed by atoms with Crippen LogP contribution in [-0.2, 0) is 4.74 Å². The van der Waals surface area contributed by atoms with Crippen molar-refractivity contribution in [1.29, 1.82) is 0 Å². The van der Waals surface area contributed by atoms with Crippen molar-refractivity contribution >= 4 is 27.7 Å². The first-order valence-electron chi connectivity index (χ1n) is 7.07. The van der Waals surface area contributed by atoms with Gasteiger partial charge in [0.2, 0.25) is 0 Å². The minimum atomic E-state index is -0.730. The van der Waals surface area contributed by atoms with Gasteiger partial charge in [-0.2, -0.15) is 0 Å². The highest BCUT2D eigenvalue weighted by molar-refractivity contribution is 6.06. The van der Waals surface area contributed by atoms with Crippen LogP contribution in [0.5, 0.6) is 11.5 Å². The number of hydrogen-bond acceptors (Lipinski definition) is 4. The Hall–Kier alpha value is -2.75. The molecule has 0 atom stereocenters. The molecule has 0 amide bonds. The van der Waals surface area contributed by atoms with E-state index >= 15 is 0 Å². The lowest BCUT2D eigenvalue weighted by atomic mass is 10.0. The summed E-state index contributed by atoms with van der Waals surface area (Å²) in [7, 11) is 1.29. The molecule has 0 bridgehead atoms. The number of carbonyl (C=O) groups excluding carboxylic acids is 1. The van der Waals surface area contributed by atoms with Gasteiger partial charge in [0.15, 0.2) is 0 Å². The molecule has 0 N–H and O–H groups in total.